The molecule has 0 aliphatic carbocycles. The number of cyclic esters (lactones) is 1. The fourth-order valence-electron chi connectivity index (χ4n) is 3.59. The van der Waals surface area contributed by atoms with E-state index in [9.17, 15) is 14.7 Å². The standard InChI is InChI=1S/C15H22O6/c1-4-14(2,7-16)12(17)20-9-5-10-15(3)8(11(9)21-10)6-19-13(15)18/h8-11,16H,4-7H2,1-3H3. The molecule has 3 fully saturated rings. The molecule has 3 heterocycles. The lowest BCUT2D eigenvalue weighted by atomic mass is 9.68. The maximum absolute atomic E-state index is 12.3. The van der Waals surface area contributed by atoms with Gasteiger partial charge in [0.2, 0.25) is 0 Å². The number of carbonyl (C=O) groups excluding carboxylic acids is 2. The second-order valence-electron chi connectivity index (χ2n) is 6.83. The molecule has 0 aromatic heterocycles. The van der Waals surface area contributed by atoms with Crippen molar-refractivity contribution in [2.24, 2.45) is 16.7 Å². The molecule has 3 aliphatic rings. The van der Waals surface area contributed by atoms with Crippen LogP contribution in [0.5, 0.6) is 0 Å². The molecule has 3 rings (SSSR count). The lowest BCUT2D eigenvalue weighted by molar-refractivity contribution is -0.167. The predicted octanol–water partition coefficient (Wildman–Crippen LogP) is 0.657. The number of aliphatic hydroxyl groups excluding tert-OH is 1. The fourth-order valence-corrected chi connectivity index (χ4v) is 3.59. The summed E-state index contributed by atoms with van der Waals surface area (Å²) in [4.78, 5) is 24.2. The van der Waals surface area contributed by atoms with Crippen molar-refractivity contribution in [2.75, 3.05) is 13.2 Å². The molecule has 3 saturated heterocycles. The van der Waals surface area contributed by atoms with Crippen LogP contribution >= 0.6 is 0 Å². The van der Waals surface area contributed by atoms with Crippen LogP contribution in [0.3, 0.4) is 0 Å². The van der Waals surface area contributed by atoms with Gasteiger partial charge in [-0.15, -0.1) is 0 Å². The van der Waals surface area contributed by atoms with Crippen LogP contribution in [0.15, 0.2) is 0 Å². The summed E-state index contributed by atoms with van der Waals surface area (Å²) in [7, 11) is 0. The average molecular weight is 298 g/mol. The van der Waals surface area contributed by atoms with E-state index in [2.05, 4.69) is 0 Å². The summed E-state index contributed by atoms with van der Waals surface area (Å²) in [6.07, 6.45) is 0.140. The Bertz CT molecular complexity index is 471. The average Bonchev–Trinajstić information content (AvgIpc) is 3.09. The Kier molecular flexibility index (Phi) is 3.29. The number of esters is 2. The summed E-state index contributed by atoms with van der Waals surface area (Å²) in [5.41, 5.74) is -1.48. The van der Waals surface area contributed by atoms with Crippen molar-refractivity contribution in [3.8, 4) is 0 Å². The first-order chi connectivity index (χ1) is 9.86. The molecular formula is C15H22O6. The molecule has 6 nitrogen and oxygen atoms in total. The zero-order valence-corrected chi connectivity index (χ0v) is 12.6. The van der Waals surface area contributed by atoms with E-state index >= 15 is 0 Å². The minimum atomic E-state index is -0.882. The van der Waals surface area contributed by atoms with E-state index in [-0.39, 0.29) is 36.8 Å². The van der Waals surface area contributed by atoms with Gasteiger partial charge in [-0.05, 0) is 20.3 Å². The van der Waals surface area contributed by atoms with Gasteiger partial charge in [-0.3, -0.25) is 9.59 Å². The van der Waals surface area contributed by atoms with Crippen LogP contribution in [0.1, 0.15) is 33.6 Å². The smallest absolute Gasteiger partial charge is 0.314 e. The SMILES string of the molecule is CCC(C)(CO)C(=O)OC1CC2OC1C1COC(=O)C21C. The molecule has 0 aromatic rings. The van der Waals surface area contributed by atoms with Crippen molar-refractivity contribution in [1.29, 1.82) is 0 Å². The first kappa shape index (κ1) is 14.8. The van der Waals surface area contributed by atoms with E-state index in [0.29, 0.717) is 19.4 Å². The summed E-state index contributed by atoms with van der Waals surface area (Å²) in [5, 5.41) is 9.39. The summed E-state index contributed by atoms with van der Waals surface area (Å²) >= 11 is 0. The molecular weight excluding hydrogens is 276 g/mol. The summed E-state index contributed by atoms with van der Waals surface area (Å²) < 4.78 is 16.6. The van der Waals surface area contributed by atoms with E-state index in [1.807, 2.05) is 13.8 Å². The number of rotatable bonds is 4. The molecule has 6 heteroatoms. The van der Waals surface area contributed by atoms with Gasteiger partial charge in [-0.25, -0.2) is 0 Å². The number of aliphatic hydroxyl groups is 1. The van der Waals surface area contributed by atoms with Crippen LogP contribution in [-0.2, 0) is 23.8 Å². The molecule has 0 aromatic carbocycles. The summed E-state index contributed by atoms with van der Waals surface area (Å²) in [6.45, 7) is 5.49. The molecule has 3 aliphatic heterocycles. The fraction of sp³-hybridized carbons (Fsp3) is 0.867. The maximum atomic E-state index is 12.3. The molecule has 118 valence electrons. The minimum Gasteiger partial charge on any atom is -0.465 e. The zero-order chi connectivity index (χ0) is 15.4. The van der Waals surface area contributed by atoms with Crippen LogP contribution in [-0.4, -0.2) is 48.6 Å². The van der Waals surface area contributed by atoms with Crippen LogP contribution in [0.25, 0.3) is 0 Å². The largest absolute Gasteiger partial charge is 0.465 e. The molecule has 0 saturated carbocycles. The highest BCUT2D eigenvalue weighted by molar-refractivity contribution is 5.81. The van der Waals surface area contributed by atoms with Crippen LogP contribution in [0, 0.1) is 16.7 Å². The Hall–Kier alpha value is -1.14. The van der Waals surface area contributed by atoms with E-state index in [0.717, 1.165) is 0 Å². The Morgan fingerprint density at radius 3 is 2.90 bits per heavy atom. The molecule has 2 bridgehead atoms. The second-order valence-corrected chi connectivity index (χ2v) is 6.83. The zero-order valence-electron chi connectivity index (χ0n) is 12.6. The van der Waals surface area contributed by atoms with Gasteiger partial charge in [0, 0.05) is 12.3 Å². The third kappa shape index (κ3) is 1.85. The van der Waals surface area contributed by atoms with E-state index in [4.69, 9.17) is 14.2 Å². The van der Waals surface area contributed by atoms with Gasteiger partial charge in [0.1, 0.15) is 17.6 Å². The van der Waals surface area contributed by atoms with Crippen LogP contribution in [0.2, 0.25) is 0 Å². The normalized spacial score (nSPS) is 43.3. The summed E-state index contributed by atoms with van der Waals surface area (Å²) in [6, 6.07) is 0. The van der Waals surface area contributed by atoms with Crippen molar-refractivity contribution in [2.45, 2.75) is 51.9 Å². The Morgan fingerprint density at radius 2 is 2.29 bits per heavy atom. The van der Waals surface area contributed by atoms with Crippen molar-refractivity contribution in [1.82, 2.24) is 0 Å². The van der Waals surface area contributed by atoms with Crippen molar-refractivity contribution < 1.29 is 28.9 Å². The summed E-state index contributed by atoms with van der Waals surface area (Å²) in [5.74, 6) is -0.664. The van der Waals surface area contributed by atoms with Gasteiger partial charge in [0.15, 0.2) is 0 Å². The van der Waals surface area contributed by atoms with Gasteiger partial charge in [-0.2, -0.15) is 0 Å². The number of hydrogen-bond acceptors (Lipinski definition) is 6. The number of carbonyl (C=O) groups is 2. The van der Waals surface area contributed by atoms with E-state index < -0.39 is 16.8 Å². The van der Waals surface area contributed by atoms with Gasteiger partial charge >= 0.3 is 11.9 Å². The maximum Gasteiger partial charge on any atom is 0.314 e. The third-order valence-electron chi connectivity index (χ3n) is 5.68. The number of ether oxygens (including phenoxy) is 3. The highest BCUT2D eigenvalue weighted by atomic mass is 16.6. The quantitative estimate of drug-likeness (QED) is 0.768. The Balaban J connectivity index is 1.72. The molecule has 6 unspecified atom stereocenters. The Labute approximate surface area is 123 Å². The molecule has 0 spiro atoms. The third-order valence-corrected chi connectivity index (χ3v) is 5.68. The second kappa shape index (κ2) is 4.68. The molecule has 21 heavy (non-hydrogen) atoms. The number of fused-ring (bicyclic) bond motifs is 5. The van der Waals surface area contributed by atoms with Gasteiger partial charge in [0.05, 0.1) is 24.7 Å². The molecule has 0 amide bonds. The van der Waals surface area contributed by atoms with Gasteiger partial charge < -0.3 is 19.3 Å². The van der Waals surface area contributed by atoms with Gasteiger partial charge in [-0.1, -0.05) is 6.92 Å². The first-order valence-corrected chi connectivity index (χ1v) is 7.51. The van der Waals surface area contributed by atoms with Gasteiger partial charge in [0.25, 0.3) is 0 Å². The Morgan fingerprint density at radius 1 is 1.57 bits per heavy atom. The first-order valence-electron chi connectivity index (χ1n) is 7.51. The number of hydrogen-bond donors (Lipinski definition) is 1. The predicted molar refractivity (Wildman–Crippen MR) is 71.2 cm³/mol. The van der Waals surface area contributed by atoms with Crippen LogP contribution < -0.4 is 0 Å². The molecule has 0 radical (unpaired) electrons. The topological polar surface area (TPSA) is 82.1 Å². The molecule has 1 N–H and O–H groups in total. The van der Waals surface area contributed by atoms with E-state index in [1.54, 1.807) is 6.92 Å². The highest BCUT2D eigenvalue weighted by Crippen LogP contribution is 2.56. The lowest BCUT2D eigenvalue weighted by Gasteiger charge is -2.33. The lowest BCUT2D eigenvalue weighted by Crippen LogP contribution is -2.47. The van der Waals surface area contributed by atoms with Crippen molar-refractivity contribution in [3.05, 3.63) is 0 Å². The van der Waals surface area contributed by atoms with E-state index in [1.165, 1.54) is 0 Å². The molecule has 6 atom stereocenters. The monoisotopic (exact) mass is 298 g/mol. The van der Waals surface area contributed by atoms with Crippen molar-refractivity contribution in [3.63, 3.8) is 0 Å². The highest BCUT2D eigenvalue weighted by Gasteiger charge is 2.69. The minimum absolute atomic E-state index is 0.0523. The van der Waals surface area contributed by atoms with Crippen LogP contribution in [0.4, 0.5) is 0 Å². The van der Waals surface area contributed by atoms with Crippen molar-refractivity contribution >= 4 is 11.9 Å².